The van der Waals surface area contributed by atoms with Crippen molar-refractivity contribution in [3.05, 3.63) is 35.4 Å². The lowest BCUT2D eigenvalue weighted by Crippen LogP contribution is -2.35. The van der Waals surface area contributed by atoms with E-state index in [9.17, 15) is 0 Å². The zero-order chi connectivity index (χ0) is 12.7. The van der Waals surface area contributed by atoms with E-state index in [1.807, 2.05) is 0 Å². The largest absolute Gasteiger partial charge is 0.383 e. The topological polar surface area (TPSA) is 21.3 Å². The van der Waals surface area contributed by atoms with Gasteiger partial charge in [-0.05, 0) is 31.7 Å². The van der Waals surface area contributed by atoms with Crippen LogP contribution in [0, 0.1) is 12.8 Å². The molecule has 0 amide bonds. The summed E-state index contributed by atoms with van der Waals surface area (Å²) >= 11 is 0. The van der Waals surface area contributed by atoms with Crippen LogP contribution in [-0.2, 0) is 11.2 Å². The summed E-state index contributed by atoms with van der Waals surface area (Å²) in [7, 11) is 1.74. The van der Waals surface area contributed by atoms with E-state index in [0.29, 0.717) is 12.0 Å². The van der Waals surface area contributed by atoms with Crippen molar-refractivity contribution >= 4 is 0 Å². The van der Waals surface area contributed by atoms with E-state index in [1.165, 1.54) is 11.1 Å². The van der Waals surface area contributed by atoms with Crippen molar-refractivity contribution in [1.29, 1.82) is 0 Å². The number of ether oxygens (including phenoxy) is 1. The lowest BCUT2D eigenvalue weighted by Gasteiger charge is -2.21. The molecule has 0 spiro atoms. The molecule has 0 radical (unpaired) electrons. The maximum absolute atomic E-state index is 5.04. The third kappa shape index (κ3) is 5.33. The molecule has 0 saturated heterocycles. The Labute approximate surface area is 105 Å². The Bertz CT molecular complexity index is 324. The minimum absolute atomic E-state index is 0.519. The maximum Gasteiger partial charge on any atom is 0.0587 e. The predicted molar refractivity (Wildman–Crippen MR) is 73.4 cm³/mol. The summed E-state index contributed by atoms with van der Waals surface area (Å²) in [5, 5.41) is 3.49. The van der Waals surface area contributed by atoms with Gasteiger partial charge in [-0.1, -0.05) is 36.8 Å². The van der Waals surface area contributed by atoms with Gasteiger partial charge in [-0.2, -0.15) is 0 Å². The number of rotatable bonds is 7. The Morgan fingerprint density at radius 2 is 2.06 bits per heavy atom. The predicted octanol–water partition coefficient (Wildman–Crippen LogP) is 2.80. The first-order chi connectivity index (χ1) is 8.13. The van der Waals surface area contributed by atoms with Crippen LogP contribution in [0.15, 0.2) is 24.3 Å². The number of methoxy groups -OCH3 is 1. The average molecular weight is 235 g/mol. The van der Waals surface area contributed by atoms with Crippen LogP contribution in [0.2, 0.25) is 0 Å². The highest BCUT2D eigenvalue weighted by atomic mass is 16.5. The van der Waals surface area contributed by atoms with Crippen molar-refractivity contribution in [3.8, 4) is 0 Å². The summed E-state index contributed by atoms with van der Waals surface area (Å²) in [4.78, 5) is 0. The quantitative estimate of drug-likeness (QED) is 0.734. The first kappa shape index (κ1) is 14.2. The number of hydrogen-bond donors (Lipinski definition) is 1. The van der Waals surface area contributed by atoms with Crippen molar-refractivity contribution in [2.75, 3.05) is 20.3 Å². The van der Waals surface area contributed by atoms with Crippen molar-refractivity contribution in [2.45, 2.75) is 33.2 Å². The standard InChI is InChI=1S/C15H25NO/c1-12-6-5-7-15(10-12)11-13(2)14(3)16-8-9-17-4/h5-7,10,13-14,16H,8-9,11H2,1-4H3. The fourth-order valence-corrected chi connectivity index (χ4v) is 1.98. The van der Waals surface area contributed by atoms with Crippen LogP contribution in [0.3, 0.4) is 0 Å². The van der Waals surface area contributed by atoms with Gasteiger partial charge in [-0.15, -0.1) is 0 Å². The van der Waals surface area contributed by atoms with Gasteiger partial charge in [-0.25, -0.2) is 0 Å². The van der Waals surface area contributed by atoms with Gasteiger partial charge in [0.25, 0.3) is 0 Å². The number of benzene rings is 1. The number of nitrogens with one attached hydrogen (secondary N) is 1. The highest BCUT2D eigenvalue weighted by Gasteiger charge is 2.11. The first-order valence-corrected chi connectivity index (χ1v) is 6.41. The summed E-state index contributed by atoms with van der Waals surface area (Å²) in [5.41, 5.74) is 2.77. The van der Waals surface area contributed by atoms with Gasteiger partial charge in [0.15, 0.2) is 0 Å². The van der Waals surface area contributed by atoms with Crippen LogP contribution >= 0.6 is 0 Å². The van der Waals surface area contributed by atoms with Crippen LogP contribution in [0.1, 0.15) is 25.0 Å². The van der Waals surface area contributed by atoms with E-state index in [4.69, 9.17) is 4.74 Å². The smallest absolute Gasteiger partial charge is 0.0587 e. The molecule has 0 aliphatic carbocycles. The third-order valence-electron chi connectivity index (χ3n) is 3.27. The molecule has 17 heavy (non-hydrogen) atoms. The molecule has 1 aromatic rings. The van der Waals surface area contributed by atoms with Crippen LogP contribution in [0.4, 0.5) is 0 Å². The van der Waals surface area contributed by atoms with Gasteiger partial charge in [0, 0.05) is 19.7 Å². The normalized spacial score (nSPS) is 14.6. The zero-order valence-corrected chi connectivity index (χ0v) is 11.5. The van der Waals surface area contributed by atoms with E-state index in [2.05, 4.69) is 50.4 Å². The SMILES string of the molecule is COCCNC(C)C(C)Cc1cccc(C)c1. The summed E-state index contributed by atoms with van der Waals surface area (Å²) < 4.78 is 5.04. The van der Waals surface area contributed by atoms with Crippen molar-refractivity contribution in [1.82, 2.24) is 5.32 Å². The Balaban J connectivity index is 2.39. The first-order valence-electron chi connectivity index (χ1n) is 6.41. The van der Waals surface area contributed by atoms with Crippen LogP contribution < -0.4 is 5.32 Å². The van der Waals surface area contributed by atoms with Gasteiger partial charge in [-0.3, -0.25) is 0 Å². The number of aryl methyl sites for hydroxylation is 1. The fourth-order valence-electron chi connectivity index (χ4n) is 1.98. The summed E-state index contributed by atoms with van der Waals surface area (Å²) in [6.45, 7) is 8.40. The van der Waals surface area contributed by atoms with E-state index in [1.54, 1.807) is 7.11 Å². The van der Waals surface area contributed by atoms with E-state index >= 15 is 0 Å². The van der Waals surface area contributed by atoms with Gasteiger partial charge in [0.1, 0.15) is 0 Å². The lowest BCUT2D eigenvalue weighted by molar-refractivity contribution is 0.192. The maximum atomic E-state index is 5.04. The molecule has 96 valence electrons. The monoisotopic (exact) mass is 235 g/mol. The molecule has 0 aliphatic rings. The van der Waals surface area contributed by atoms with Crippen molar-refractivity contribution in [2.24, 2.45) is 5.92 Å². The second-order valence-corrected chi connectivity index (χ2v) is 4.91. The highest BCUT2D eigenvalue weighted by molar-refractivity contribution is 5.22. The van der Waals surface area contributed by atoms with Crippen LogP contribution in [0.25, 0.3) is 0 Å². The molecule has 0 aliphatic heterocycles. The molecule has 0 heterocycles. The van der Waals surface area contributed by atoms with Crippen LogP contribution in [0.5, 0.6) is 0 Å². The summed E-state index contributed by atoms with van der Waals surface area (Å²) in [6.07, 6.45) is 1.13. The molecule has 1 N–H and O–H groups in total. The Morgan fingerprint density at radius 3 is 2.71 bits per heavy atom. The van der Waals surface area contributed by atoms with Gasteiger partial charge in [0.2, 0.25) is 0 Å². The molecule has 0 aromatic heterocycles. The van der Waals surface area contributed by atoms with Gasteiger partial charge < -0.3 is 10.1 Å². The second kappa shape index (κ2) is 7.46. The molecule has 0 saturated carbocycles. The minimum Gasteiger partial charge on any atom is -0.383 e. The molecular formula is C15H25NO. The van der Waals surface area contributed by atoms with E-state index in [0.717, 1.165) is 19.6 Å². The summed E-state index contributed by atoms with van der Waals surface area (Å²) in [6, 6.07) is 9.30. The zero-order valence-electron chi connectivity index (χ0n) is 11.5. The Morgan fingerprint density at radius 1 is 1.29 bits per heavy atom. The van der Waals surface area contributed by atoms with Crippen molar-refractivity contribution < 1.29 is 4.74 Å². The Hall–Kier alpha value is -0.860. The second-order valence-electron chi connectivity index (χ2n) is 4.91. The molecule has 2 heteroatoms. The molecule has 1 aromatic carbocycles. The molecule has 2 nitrogen and oxygen atoms in total. The van der Waals surface area contributed by atoms with Crippen LogP contribution in [-0.4, -0.2) is 26.3 Å². The fraction of sp³-hybridized carbons (Fsp3) is 0.600. The van der Waals surface area contributed by atoms with Crippen molar-refractivity contribution in [3.63, 3.8) is 0 Å². The molecule has 2 atom stereocenters. The third-order valence-corrected chi connectivity index (χ3v) is 3.27. The molecule has 0 bridgehead atoms. The molecule has 0 fully saturated rings. The average Bonchev–Trinajstić information content (AvgIpc) is 2.29. The molecule has 2 unspecified atom stereocenters. The number of hydrogen-bond acceptors (Lipinski definition) is 2. The van der Waals surface area contributed by atoms with Gasteiger partial charge >= 0.3 is 0 Å². The van der Waals surface area contributed by atoms with E-state index < -0.39 is 0 Å². The summed E-state index contributed by atoms with van der Waals surface area (Å²) in [5.74, 6) is 0.633. The Kier molecular flexibility index (Phi) is 6.23. The molecule has 1 rings (SSSR count). The lowest BCUT2D eigenvalue weighted by atomic mass is 9.94. The van der Waals surface area contributed by atoms with E-state index in [-0.39, 0.29) is 0 Å². The minimum atomic E-state index is 0.519. The van der Waals surface area contributed by atoms with Gasteiger partial charge in [0.05, 0.1) is 6.61 Å². The molecular weight excluding hydrogens is 210 g/mol. The highest BCUT2D eigenvalue weighted by Crippen LogP contribution is 2.13.